The Morgan fingerprint density at radius 2 is 1.90 bits per heavy atom. The first-order chi connectivity index (χ1) is 9.99. The fraction of sp³-hybridized carbons (Fsp3) is 0.294. The Morgan fingerprint density at radius 3 is 2.52 bits per heavy atom. The van der Waals surface area contributed by atoms with Crippen LogP contribution in [0.4, 0.5) is 4.39 Å². The number of hydrogen-bond acceptors (Lipinski definition) is 2. The predicted octanol–water partition coefficient (Wildman–Crippen LogP) is 4.86. The molecule has 1 atom stereocenters. The minimum Gasteiger partial charge on any atom is -0.456 e. The molecule has 0 amide bonds. The molecule has 0 aromatic heterocycles. The van der Waals surface area contributed by atoms with Crippen molar-refractivity contribution in [3.05, 3.63) is 58.4 Å². The van der Waals surface area contributed by atoms with E-state index < -0.39 is 0 Å². The Kier molecular flexibility index (Phi) is 5.21. The van der Waals surface area contributed by atoms with Gasteiger partial charge < -0.3 is 10.5 Å². The molecule has 0 spiro atoms. The van der Waals surface area contributed by atoms with E-state index in [-0.39, 0.29) is 16.9 Å². The van der Waals surface area contributed by atoms with Gasteiger partial charge in [0.05, 0.1) is 5.02 Å². The molecule has 2 N–H and O–H groups in total. The maximum absolute atomic E-state index is 13.0. The van der Waals surface area contributed by atoms with Gasteiger partial charge >= 0.3 is 0 Å². The Balaban J connectivity index is 2.17. The van der Waals surface area contributed by atoms with Crippen LogP contribution < -0.4 is 10.5 Å². The van der Waals surface area contributed by atoms with Gasteiger partial charge in [-0.25, -0.2) is 4.39 Å². The molecule has 0 aliphatic heterocycles. The molecule has 0 fully saturated rings. The zero-order chi connectivity index (χ0) is 15.4. The van der Waals surface area contributed by atoms with Crippen molar-refractivity contribution in [3.63, 3.8) is 0 Å². The van der Waals surface area contributed by atoms with Crippen molar-refractivity contribution in [2.75, 3.05) is 0 Å². The summed E-state index contributed by atoms with van der Waals surface area (Å²) in [7, 11) is 0. The summed E-state index contributed by atoms with van der Waals surface area (Å²) in [4.78, 5) is 0. The van der Waals surface area contributed by atoms with Crippen molar-refractivity contribution in [3.8, 4) is 11.5 Å². The predicted molar refractivity (Wildman–Crippen MR) is 84.6 cm³/mol. The summed E-state index contributed by atoms with van der Waals surface area (Å²) in [5.74, 6) is 0.768. The van der Waals surface area contributed by atoms with Crippen molar-refractivity contribution in [2.24, 2.45) is 5.73 Å². The lowest BCUT2D eigenvalue weighted by Gasteiger charge is -2.13. The maximum Gasteiger partial charge on any atom is 0.146 e. The minimum atomic E-state index is -0.382. The molecule has 0 radical (unpaired) electrons. The van der Waals surface area contributed by atoms with Gasteiger partial charge in [-0.05, 0) is 55.2 Å². The van der Waals surface area contributed by atoms with Crippen molar-refractivity contribution in [2.45, 2.75) is 32.7 Å². The molecule has 2 aromatic carbocycles. The van der Waals surface area contributed by atoms with Gasteiger partial charge in [-0.2, -0.15) is 0 Å². The summed E-state index contributed by atoms with van der Waals surface area (Å²) < 4.78 is 18.8. The summed E-state index contributed by atoms with van der Waals surface area (Å²) in [5, 5.41) is 0.256. The Bertz CT molecular complexity index is 630. The monoisotopic (exact) mass is 307 g/mol. The fourth-order valence-corrected chi connectivity index (χ4v) is 2.28. The van der Waals surface area contributed by atoms with Crippen LogP contribution in [0.2, 0.25) is 5.02 Å². The van der Waals surface area contributed by atoms with E-state index in [4.69, 9.17) is 22.1 Å². The third kappa shape index (κ3) is 4.19. The highest BCUT2D eigenvalue weighted by atomic mass is 35.5. The van der Waals surface area contributed by atoms with Crippen molar-refractivity contribution >= 4 is 11.6 Å². The van der Waals surface area contributed by atoms with Gasteiger partial charge in [-0.1, -0.05) is 30.7 Å². The number of aryl methyl sites for hydroxylation is 1. The van der Waals surface area contributed by atoms with Gasteiger partial charge in [-0.15, -0.1) is 0 Å². The average Bonchev–Trinajstić information content (AvgIpc) is 2.44. The van der Waals surface area contributed by atoms with E-state index in [1.54, 1.807) is 0 Å². The summed E-state index contributed by atoms with van der Waals surface area (Å²) in [6.07, 6.45) is 1.79. The Labute approximate surface area is 129 Å². The first kappa shape index (κ1) is 15.8. The van der Waals surface area contributed by atoms with E-state index in [0.29, 0.717) is 11.5 Å². The molecule has 4 heteroatoms. The number of ether oxygens (including phenoxy) is 1. The van der Waals surface area contributed by atoms with Gasteiger partial charge in [0.1, 0.15) is 17.3 Å². The van der Waals surface area contributed by atoms with E-state index in [1.807, 2.05) is 19.1 Å². The Hall–Kier alpha value is -1.58. The van der Waals surface area contributed by atoms with E-state index in [9.17, 15) is 4.39 Å². The maximum atomic E-state index is 13.0. The zero-order valence-electron chi connectivity index (χ0n) is 12.2. The highest BCUT2D eigenvalue weighted by Crippen LogP contribution is 2.32. The van der Waals surface area contributed by atoms with Crippen molar-refractivity contribution < 1.29 is 9.13 Å². The van der Waals surface area contributed by atoms with Gasteiger partial charge in [0.2, 0.25) is 0 Å². The number of halogens is 2. The van der Waals surface area contributed by atoms with Crippen molar-refractivity contribution in [1.29, 1.82) is 0 Å². The second kappa shape index (κ2) is 6.92. The summed E-state index contributed by atoms with van der Waals surface area (Å²) in [5.41, 5.74) is 8.14. The van der Waals surface area contributed by atoms with E-state index in [0.717, 1.165) is 18.4 Å². The first-order valence-corrected chi connectivity index (χ1v) is 7.35. The molecule has 2 aromatic rings. The summed E-state index contributed by atoms with van der Waals surface area (Å²) >= 11 is 5.97. The van der Waals surface area contributed by atoms with Crippen LogP contribution in [0.25, 0.3) is 0 Å². The molecule has 2 rings (SSSR count). The van der Waals surface area contributed by atoms with Crippen LogP contribution in [0.5, 0.6) is 11.5 Å². The molecular formula is C17H19ClFNO. The molecule has 1 unspecified atom stereocenters. The molecule has 112 valence electrons. The molecule has 0 saturated heterocycles. The summed E-state index contributed by atoms with van der Waals surface area (Å²) in [6.45, 7) is 4.04. The largest absolute Gasteiger partial charge is 0.456 e. The summed E-state index contributed by atoms with van der Waals surface area (Å²) in [6, 6.07) is 10.2. The van der Waals surface area contributed by atoms with Crippen LogP contribution in [-0.4, -0.2) is 6.04 Å². The highest BCUT2D eigenvalue weighted by molar-refractivity contribution is 6.32. The lowest BCUT2D eigenvalue weighted by atomic mass is 10.0. The number of benzene rings is 2. The molecule has 0 aliphatic carbocycles. The topological polar surface area (TPSA) is 35.2 Å². The fourth-order valence-electron chi connectivity index (χ4n) is 2.08. The van der Waals surface area contributed by atoms with Crippen molar-refractivity contribution in [1.82, 2.24) is 0 Å². The highest BCUT2D eigenvalue weighted by Gasteiger charge is 2.08. The second-order valence-corrected chi connectivity index (χ2v) is 5.56. The molecule has 0 heterocycles. The van der Waals surface area contributed by atoms with Crippen LogP contribution in [0.1, 0.15) is 24.5 Å². The van der Waals surface area contributed by atoms with Crippen LogP contribution >= 0.6 is 11.6 Å². The van der Waals surface area contributed by atoms with Gasteiger partial charge in [0.15, 0.2) is 0 Å². The van der Waals surface area contributed by atoms with Gasteiger partial charge in [-0.3, -0.25) is 0 Å². The molecular weight excluding hydrogens is 289 g/mol. The van der Waals surface area contributed by atoms with Gasteiger partial charge in [0, 0.05) is 6.04 Å². The normalized spacial score (nSPS) is 12.2. The zero-order valence-corrected chi connectivity index (χ0v) is 13.0. The van der Waals surface area contributed by atoms with E-state index >= 15 is 0 Å². The lowest BCUT2D eigenvalue weighted by Crippen LogP contribution is -2.21. The van der Waals surface area contributed by atoms with Crippen LogP contribution in [0.3, 0.4) is 0 Å². The third-order valence-electron chi connectivity index (χ3n) is 3.38. The Morgan fingerprint density at radius 1 is 1.19 bits per heavy atom. The van der Waals surface area contributed by atoms with E-state index in [2.05, 4.69) is 13.0 Å². The van der Waals surface area contributed by atoms with Crippen LogP contribution in [-0.2, 0) is 6.42 Å². The second-order valence-electron chi connectivity index (χ2n) is 5.15. The third-order valence-corrected chi connectivity index (χ3v) is 3.67. The average molecular weight is 308 g/mol. The molecule has 0 saturated carbocycles. The molecule has 21 heavy (non-hydrogen) atoms. The van der Waals surface area contributed by atoms with Crippen LogP contribution in [0.15, 0.2) is 36.4 Å². The number of rotatable bonds is 5. The molecule has 2 nitrogen and oxygen atoms in total. The number of nitrogens with two attached hydrogens (primary N) is 1. The smallest absolute Gasteiger partial charge is 0.146 e. The van der Waals surface area contributed by atoms with Crippen LogP contribution in [0, 0.1) is 12.7 Å². The first-order valence-electron chi connectivity index (χ1n) is 6.97. The standard InChI is InChI=1S/C17H19ClFNO/c1-3-14(20)9-12-4-6-16(11(2)8-12)21-17-7-5-13(19)10-15(17)18/h4-8,10,14H,3,9,20H2,1-2H3. The quantitative estimate of drug-likeness (QED) is 0.856. The minimum absolute atomic E-state index is 0.169. The van der Waals surface area contributed by atoms with Gasteiger partial charge in [0.25, 0.3) is 0 Å². The number of hydrogen-bond donors (Lipinski definition) is 1. The SMILES string of the molecule is CCC(N)Cc1ccc(Oc2ccc(F)cc2Cl)c(C)c1. The van der Waals surface area contributed by atoms with E-state index in [1.165, 1.54) is 23.8 Å². The molecule has 0 bridgehead atoms. The molecule has 0 aliphatic rings. The lowest BCUT2D eigenvalue weighted by molar-refractivity contribution is 0.476.